The van der Waals surface area contributed by atoms with Crippen molar-refractivity contribution in [2.24, 2.45) is 0 Å². The molecule has 0 saturated carbocycles. The Morgan fingerprint density at radius 1 is 1.13 bits per heavy atom. The van der Waals surface area contributed by atoms with Crippen molar-refractivity contribution in [1.29, 1.82) is 0 Å². The van der Waals surface area contributed by atoms with Gasteiger partial charge in [-0.15, -0.1) is 0 Å². The van der Waals surface area contributed by atoms with Gasteiger partial charge in [0.25, 0.3) is 0 Å². The summed E-state index contributed by atoms with van der Waals surface area (Å²) < 4.78 is 16.1. The number of carbonyl (C=O) groups is 1. The van der Waals surface area contributed by atoms with Crippen LogP contribution < -0.4 is 10.6 Å². The average molecular weight is 507 g/mol. The first-order valence-electron chi connectivity index (χ1n) is 12.1. The number of nitrogens with one attached hydrogen (secondary N) is 4. The van der Waals surface area contributed by atoms with E-state index in [4.69, 9.17) is 4.98 Å². The minimum Gasteiger partial charge on any atom is -0.345 e. The second-order valence-electron chi connectivity index (χ2n) is 8.88. The Hall–Kier alpha value is -5.12. The van der Waals surface area contributed by atoms with Crippen molar-refractivity contribution in [2.75, 3.05) is 10.6 Å². The first kappa shape index (κ1) is 23.3. The minimum atomic E-state index is -0.489. The van der Waals surface area contributed by atoms with Crippen LogP contribution >= 0.6 is 0 Å². The lowest BCUT2D eigenvalue weighted by atomic mass is 10.0. The largest absolute Gasteiger partial charge is 0.345 e. The standard InChI is InChI=1S/C28H23FN8O/c1-3-21(38)33-17-12-15(2)11-16(13-17)19-14-32-26-22(23(19)29)25(36-37-26)28-34-24-18(20-8-4-5-9-30-20)7-6-10-31-27(24)35-28/h4-14,31H,3H2,1-2H3,(H,33,38)(H,34,35)(H,32,36,37). The van der Waals surface area contributed by atoms with E-state index in [1.807, 2.05) is 49.4 Å². The maximum absolute atomic E-state index is 16.1. The van der Waals surface area contributed by atoms with E-state index >= 15 is 4.39 Å². The number of halogens is 1. The fourth-order valence-electron chi connectivity index (χ4n) is 4.46. The number of H-pyrrole nitrogens is 2. The molecule has 1 aliphatic rings. The Bertz CT molecular complexity index is 1750. The molecule has 9 nitrogen and oxygen atoms in total. The van der Waals surface area contributed by atoms with Crippen LogP contribution in [0.5, 0.6) is 0 Å². The van der Waals surface area contributed by atoms with Gasteiger partial charge >= 0.3 is 0 Å². The summed E-state index contributed by atoms with van der Waals surface area (Å²) >= 11 is 0. The number of amides is 1. The number of aromatic amines is 2. The number of rotatable bonds is 5. The molecule has 38 heavy (non-hydrogen) atoms. The van der Waals surface area contributed by atoms with Crippen LogP contribution in [0.2, 0.25) is 0 Å². The van der Waals surface area contributed by atoms with Crippen LogP contribution in [0.3, 0.4) is 0 Å². The number of hydrogen-bond donors (Lipinski definition) is 4. The molecule has 0 spiro atoms. The minimum absolute atomic E-state index is 0.118. The van der Waals surface area contributed by atoms with Crippen LogP contribution in [0.15, 0.2) is 67.1 Å². The average Bonchev–Trinajstić information content (AvgIpc) is 3.49. The quantitative estimate of drug-likeness (QED) is 0.247. The van der Waals surface area contributed by atoms with Gasteiger partial charge in [0.1, 0.15) is 11.5 Å². The van der Waals surface area contributed by atoms with Crippen molar-refractivity contribution in [3.05, 3.63) is 89.9 Å². The highest BCUT2D eigenvalue weighted by molar-refractivity contribution is 5.95. The van der Waals surface area contributed by atoms with Crippen LogP contribution in [-0.4, -0.2) is 36.0 Å². The summed E-state index contributed by atoms with van der Waals surface area (Å²) in [7, 11) is 0. The molecular formula is C28H23FN8O. The van der Waals surface area contributed by atoms with Crippen molar-refractivity contribution in [1.82, 2.24) is 30.1 Å². The summed E-state index contributed by atoms with van der Waals surface area (Å²) in [4.78, 5) is 28.8. The molecule has 10 heteroatoms. The van der Waals surface area contributed by atoms with Crippen molar-refractivity contribution >= 4 is 34.0 Å². The maximum atomic E-state index is 16.1. The fraction of sp³-hybridized carbons (Fsp3) is 0.107. The normalized spacial score (nSPS) is 12.6. The first-order chi connectivity index (χ1) is 18.5. The third kappa shape index (κ3) is 4.11. The number of allylic oxidation sites excluding steroid dienone is 2. The number of imidazole rings is 1. The van der Waals surface area contributed by atoms with Gasteiger partial charge in [0, 0.05) is 41.8 Å². The Kier molecular flexibility index (Phi) is 5.76. The monoisotopic (exact) mass is 506 g/mol. The highest BCUT2D eigenvalue weighted by Crippen LogP contribution is 2.36. The van der Waals surface area contributed by atoms with Gasteiger partial charge in [0.2, 0.25) is 5.91 Å². The molecule has 0 atom stereocenters. The predicted molar refractivity (Wildman–Crippen MR) is 145 cm³/mol. The van der Waals surface area contributed by atoms with Crippen LogP contribution in [0.4, 0.5) is 15.9 Å². The van der Waals surface area contributed by atoms with Gasteiger partial charge < -0.3 is 15.6 Å². The number of anilines is 2. The zero-order chi connectivity index (χ0) is 26.2. The Morgan fingerprint density at radius 2 is 2.03 bits per heavy atom. The number of aromatic nitrogens is 6. The number of pyridine rings is 2. The summed E-state index contributed by atoms with van der Waals surface area (Å²) in [5, 5.41) is 13.3. The van der Waals surface area contributed by atoms with E-state index in [0.29, 0.717) is 46.3 Å². The van der Waals surface area contributed by atoms with Gasteiger partial charge in [-0.2, -0.15) is 5.10 Å². The maximum Gasteiger partial charge on any atom is 0.224 e. The number of fused-ring (bicyclic) bond motifs is 2. The van der Waals surface area contributed by atoms with Gasteiger partial charge in [-0.05, 0) is 54.5 Å². The van der Waals surface area contributed by atoms with E-state index in [2.05, 4.69) is 35.8 Å². The molecule has 0 radical (unpaired) electrons. The van der Waals surface area contributed by atoms with Crippen molar-refractivity contribution in [3.8, 4) is 22.6 Å². The lowest BCUT2D eigenvalue weighted by molar-refractivity contribution is -0.115. The molecule has 0 bridgehead atoms. The summed E-state index contributed by atoms with van der Waals surface area (Å²) in [5.74, 6) is 0.373. The zero-order valence-corrected chi connectivity index (χ0v) is 20.6. The lowest BCUT2D eigenvalue weighted by Crippen LogP contribution is -2.09. The van der Waals surface area contributed by atoms with E-state index in [1.165, 1.54) is 6.20 Å². The molecule has 1 aromatic carbocycles. The topological polar surface area (TPSA) is 124 Å². The highest BCUT2D eigenvalue weighted by atomic mass is 19.1. The van der Waals surface area contributed by atoms with Crippen LogP contribution in [-0.2, 0) is 4.79 Å². The Morgan fingerprint density at radius 3 is 2.84 bits per heavy atom. The molecule has 0 fully saturated rings. The van der Waals surface area contributed by atoms with Gasteiger partial charge in [0.15, 0.2) is 17.3 Å². The zero-order valence-electron chi connectivity index (χ0n) is 20.6. The SMILES string of the molecule is CCC(=O)Nc1cc(C)cc(-c2cnc3n[nH]c(-c4nc5c([nH]4)C(c4ccccn4)=CC=CN5)c3c2F)c1. The van der Waals surface area contributed by atoms with Crippen molar-refractivity contribution in [3.63, 3.8) is 0 Å². The molecule has 4 aromatic heterocycles. The predicted octanol–water partition coefficient (Wildman–Crippen LogP) is 5.58. The van der Waals surface area contributed by atoms with Crippen LogP contribution in [0, 0.1) is 12.7 Å². The van der Waals surface area contributed by atoms with Gasteiger partial charge in [-0.3, -0.25) is 14.9 Å². The first-order valence-corrected chi connectivity index (χ1v) is 12.1. The van der Waals surface area contributed by atoms with Gasteiger partial charge in [-0.1, -0.05) is 19.1 Å². The van der Waals surface area contributed by atoms with E-state index < -0.39 is 5.82 Å². The molecule has 1 amide bonds. The van der Waals surface area contributed by atoms with Crippen LogP contribution in [0.25, 0.3) is 39.3 Å². The number of aryl methyl sites for hydroxylation is 1. The summed E-state index contributed by atoms with van der Waals surface area (Å²) in [6.07, 6.45) is 9.11. The highest BCUT2D eigenvalue weighted by Gasteiger charge is 2.23. The lowest BCUT2D eigenvalue weighted by Gasteiger charge is -2.10. The molecular weight excluding hydrogens is 483 g/mol. The van der Waals surface area contributed by atoms with Gasteiger partial charge in [-0.25, -0.2) is 14.4 Å². The van der Waals surface area contributed by atoms with E-state index in [1.54, 1.807) is 25.4 Å². The summed E-state index contributed by atoms with van der Waals surface area (Å²) in [6, 6.07) is 11.1. The Labute approximate surface area is 217 Å². The molecule has 6 rings (SSSR count). The number of nitrogens with zero attached hydrogens (tertiary/aromatic N) is 4. The van der Waals surface area contributed by atoms with Crippen LogP contribution in [0.1, 0.15) is 30.3 Å². The second-order valence-corrected chi connectivity index (χ2v) is 8.88. The van der Waals surface area contributed by atoms with Crippen molar-refractivity contribution in [2.45, 2.75) is 20.3 Å². The summed E-state index contributed by atoms with van der Waals surface area (Å²) in [6.45, 7) is 3.67. The van der Waals surface area contributed by atoms with E-state index in [9.17, 15) is 4.79 Å². The molecule has 1 aliphatic heterocycles. The summed E-state index contributed by atoms with van der Waals surface area (Å²) in [5.41, 5.74) is 5.29. The Balaban J connectivity index is 1.46. The molecule has 0 saturated heterocycles. The molecule has 5 aromatic rings. The molecule has 0 aliphatic carbocycles. The number of hydrogen-bond acceptors (Lipinski definition) is 6. The molecule has 0 unspecified atom stereocenters. The number of carbonyl (C=O) groups excluding carboxylic acids is 1. The molecule has 4 N–H and O–H groups in total. The molecule has 5 heterocycles. The second kappa shape index (κ2) is 9.40. The van der Waals surface area contributed by atoms with E-state index in [0.717, 1.165) is 16.8 Å². The van der Waals surface area contributed by atoms with E-state index in [-0.39, 0.29) is 16.9 Å². The van der Waals surface area contributed by atoms with Crippen molar-refractivity contribution < 1.29 is 9.18 Å². The van der Waals surface area contributed by atoms with Gasteiger partial charge in [0.05, 0.1) is 16.8 Å². The number of benzene rings is 1. The smallest absolute Gasteiger partial charge is 0.224 e. The third-order valence-electron chi connectivity index (χ3n) is 6.24. The molecule has 188 valence electrons. The third-order valence-corrected chi connectivity index (χ3v) is 6.24. The fourth-order valence-corrected chi connectivity index (χ4v) is 4.46.